The number of carbonyl (C=O) groups excluding carboxylic acids is 2. The van der Waals surface area contributed by atoms with Gasteiger partial charge in [-0.25, -0.2) is 14.8 Å². The van der Waals surface area contributed by atoms with Gasteiger partial charge in [-0.1, -0.05) is 61.4 Å². The number of hydrogen-bond acceptors (Lipinski definition) is 7. The minimum Gasteiger partial charge on any atom is -0.444 e. The van der Waals surface area contributed by atoms with Crippen molar-refractivity contribution in [3.8, 4) is 0 Å². The molecule has 2 atom stereocenters. The molecule has 2 aliphatic rings. The summed E-state index contributed by atoms with van der Waals surface area (Å²) in [5, 5.41) is 3.56. The van der Waals surface area contributed by atoms with Crippen molar-refractivity contribution in [2.75, 3.05) is 21.7 Å². The zero-order valence-electron chi connectivity index (χ0n) is 28.7. The first-order chi connectivity index (χ1) is 25.2. The van der Waals surface area contributed by atoms with Gasteiger partial charge >= 0.3 is 12.3 Å². The molecule has 52 heavy (non-hydrogen) atoms. The zero-order valence-corrected chi connectivity index (χ0v) is 28.7. The maximum atomic E-state index is 14.1. The van der Waals surface area contributed by atoms with Crippen molar-refractivity contribution in [2.24, 2.45) is 5.92 Å². The first-order valence-electron chi connectivity index (χ1n) is 17.6. The molecule has 1 aliphatic carbocycles. The van der Waals surface area contributed by atoms with E-state index in [0.29, 0.717) is 36.4 Å². The Labute approximate surface area is 299 Å². The molecular weight excluding hydrogens is 669 g/mol. The fraction of sp³-hybridized carbons (Fsp3) is 0.325. The quantitative estimate of drug-likeness (QED) is 0.172. The summed E-state index contributed by atoms with van der Waals surface area (Å²) in [4.78, 5) is 44.8. The first kappa shape index (κ1) is 34.9. The number of amides is 2. The number of alkyl halides is 3. The molecule has 1 aliphatic heterocycles. The Morgan fingerprint density at radius 3 is 2.46 bits per heavy atom. The van der Waals surface area contributed by atoms with Gasteiger partial charge in [0.25, 0.3) is 0 Å². The lowest BCUT2D eigenvalue weighted by molar-refractivity contribution is -0.138. The highest BCUT2D eigenvalue weighted by Crippen LogP contribution is 2.42. The van der Waals surface area contributed by atoms with E-state index in [1.165, 1.54) is 25.4 Å². The predicted octanol–water partition coefficient (Wildman–Crippen LogP) is 9.03. The number of nitrogens with zero attached hydrogens (tertiary/aromatic N) is 5. The van der Waals surface area contributed by atoms with E-state index in [0.717, 1.165) is 48.3 Å². The molecular formula is C40H39F3N6O3. The second-order valence-electron chi connectivity index (χ2n) is 13.4. The smallest absolute Gasteiger partial charge is 0.416 e. The number of halogens is 3. The molecule has 0 radical (unpaired) electrons. The molecule has 0 spiro atoms. The van der Waals surface area contributed by atoms with Gasteiger partial charge < -0.3 is 15.0 Å². The maximum absolute atomic E-state index is 14.1. The minimum absolute atomic E-state index is 0.00378. The van der Waals surface area contributed by atoms with Crippen molar-refractivity contribution >= 4 is 40.1 Å². The standard InChI is InChI=1S/C40H39F3N6O3/c1-26-13-16-29(22-34(26)40(41,42)43)47-38(50)33-12-7-21-48(37-32-19-20-44-23-35(32)45-25-46-37)36(33)28-14-17-31(18-15-28)49(30-10-5-6-11-30)39(51)52-24-27-8-3-2-4-9-27/h2-4,8-9,13-20,22-23,25,30,33,36H,5-7,10-12,21,24H2,1H3,(H,47,50)/t33-,36-/m0/s1. The molecule has 1 saturated heterocycles. The third-order valence-electron chi connectivity index (χ3n) is 10.1. The highest BCUT2D eigenvalue weighted by atomic mass is 19.4. The van der Waals surface area contributed by atoms with Crippen LogP contribution in [0.4, 0.5) is 35.2 Å². The van der Waals surface area contributed by atoms with Gasteiger partial charge in [-0.3, -0.25) is 14.7 Å². The van der Waals surface area contributed by atoms with Crippen LogP contribution in [0, 0.1) is 12.8 Å². The summed E-state index contributed by atoms with van der Waals surface area (Å²) in [5.41, 5.74) is 2.39. The van der Waals surface area contributed by atoms with Crippen LogP contribution in [0.15, 0.2) is 97.6 Å². The van der Waals surface area contributed by atoms with Crippen molar-refractivity contribution in [3.63, 3.8) is 0 Å². The van der Waals surface area contributed by atoms with E-state index >= 15 is 0 Å². The van der Waals surface area contributed by atoms with E-state index in [4.69, 9.17) is 4.74 Å². The van der Waals surface area contributed by atoms with E-state index < -0.39 is 35.7 Å². The molecule has 3 heterocycles. The van der Waals surface area contributed by atoms with E-state index in [9.17, 15) is 22.8 Å². The van der Waals surface area contributed by atoms with Crippen LogP contribution in [-0.4, -0.2) is 39.5 Å². The molecule has 3 aromatic carbocycles. The van der Waals surface area contributed by atoms with Crippen LogP contribution < -0.4 is 15.1 Å². The molecule has 1 N–H and O–H groups in total. The Morgan fingerprint density at radius 1 is 0.942 bits per heavy atom. The number of pyridine rings is 1. The summed E-state index contributed by atoms with van der Waals surface area (Å²) in [7, 11) is 0. The number of piperidine rings is 1. The maximum Gasteiger partial charge on any atom is 0.416 e. The number of benzene rings is 3. The molecule has 5 aromatic rings. The average Bonchev–Trinajstić information content (AvgIpc) is 3.69. The van der Waals surface area contributed by atoms with Crippen LogP contribution in [0.1, 0.15) is 66.8 Å². The molecule has 9 nitrogen and oxygen atoms in total. The van der Waals surface area contributed by atoms with Crippen LogP contribution in [0.5, 0.6) is 0 Å². The predicted molar refractivity (Wildman–Crippen MR) is 193 cm³/mol. The van der Waals surface area contributed by atoms with Crippen LogP contribution in [-0.2, 0) is 22.3 Å². The fourth-order valence-electron chi connectivity index (χ4n) is 7.53. The molecule has 1 saturated carbocycles. The lowest BCUT2D eigenvalue weighted by Gasteiger charge is -2.42. The van der Waals surface area contributed by atoms with Gasteiger partial charge in [-0.05, 0) is 79.6 Å². The van der Waals surface area contributed by atoms with Crippen molar-refractivity contribution < 1.29 is 27.5 Å². The number of hydrogen-bond donors (Lipinski definition) is 1. The highest BCUT2D eigenvalue weighted by molar-refractivity contribution is 5.95. The summed E-state index contributed by atoms with van der Waals surface area (Å²) < 4.78 is 47.1. The fourth-order valence-corrected chi connectivity index (χ4v) is 7.53. The van der Waals surface area contributed by atoms with Gasteiger partial charge in [-0.2, -0.15) is 13.2 Å². The Morgan fingerprint density at radius 2 is 1.71 bits per heavy atom. The number of fused-ring (bicyclic) bond motifs is 1. The number of rotatable bonds is 8. The molecule has 2 fully saturated rings. The number of aromatic nitrogens is 3. The van der Waals surface area contributed by atoms with Crippen molar-refractivity contribution in [2.45, 2.75) is 70.3 Å². The SMILES string of the molecule is Cc1ccc(NC(=O)[C@H]2CCCN(c3ncnc4cnccc34)[C@H]2c2ccc(N(C(=O)OCc3ccccc3)C3CCCC3)cc2)cc1C(F)(F)F. The Kier molecular flexibility index (Phi) is 10.1. The molecule has 2 amide bonds. The molecule has 0 bridgehead atoms. The van der Waals surface area contributed by atoms with Crippen molar-refractivity contribution in [1.29, 1.82) is 0 Å². The average molecular weight is 709 g/mol. The summed E-state index contributed by atoms with van der Waals surface area (Å²) in [6.45, 7) is 2.13. The van der Waals surface area contributed by atoms with Crippen LogP contribution >= 0.6 is 0 Å². The van der Waals surface area contributed by atoms with E-state index in [1.807, 2.05) is 60.7 Å². The summed E-state index contributed by atoms with van der Waals surface area (Å²) in [6.07, 6.45) is 4.73. The topological polar surface area (TPSA) is 101 Å². The van der Waals surface area contributed by atoms with E-state index in [2.05, 4.69) is 25.2 Å². The second kappa shape index (κ2) is 15.0. The third-order valence-corrected chi connectivity index (χ3v) is 10.1. The number of nitrogens with one attached hydrogen (secondary N) is 1. The molecule has 12 heteroatoms. The van der Waals surface area contributed by atoms with Gasteiger partial charge in [0.1, 0.15) is 18.8 Å². The van der Waals surface area contributed by atoms with Gasteiger partial charge in [0, 0.05) is 35.5 Å². The second-order valence-corrected chi connectivity index (χ2v) is 13.4. The van der Waals surface area contributed by atoms with Crippen molar-refractivity contribution in [3.05, 3.63) is 120 Å². The van der Waals surface area contributed by atoms with Gasteiger partial charge in [0.2, 0.25) is 5.91 Å². The van der Waals surface area contributed by atoms with Gasteiger partial charge in [-0.15, -0.1) is 0 Å². The molecule has 0 unspecified atom stereocenters. The number of anilines is 3. The number of aryl methyl sites for hydroxylation is 1. The minimum atomic E-state index is -4.56. The molecule has 7 rings (SSSR count). The first-order valence-corrected chi connectivity index (χ1v) is 17.6. The molecule has 2 aromatic heterocycles. The van der Waals surface area contributed by atoms with Crippen LogP contribution in [0.2, 0.25) is 0 Å². The molecule has 268 valence electrons. The monoisotopic (exact) mass is 708 g/mol. The lowest BCUT2D eigenvalue weighted by Crippen LogP contribution is -2.44. The van der Waals surface area contributed by atoms with Crippen molar-refractivity contribution in [1.82, 2.24) is 15.0 Å². The lowest BCUT2D eigenvalue weighted by atomic mass is 9.83. The summed E-state index contributed by atoms with van der Waals surface area (Å²) in [6, 6.07) is 22.3. The Bertz CT molecular complexity index is 2030. The normalized spacial score (nSPS) is 18.0. The number of ether oxygens (including phenoxy) is 1. The Hall–Kier alpha value is -5.52. The van der Waals surface area contributed by atoms with Crippen LogP contribution in [0.3, 0.4) is 0 Å². The summed E-state index contributed by atoms with van der Waals surface area (Å²) in [5.74, 6) is -0.414. The van der Waals surface area contributed by atoms with E-state index in [-0.39, 0.29) is 23.9 Å². The van der Waals surface area contributed by atoms with Crippen LogP contribution in [0.25, 0.3) is 10.9 Å². The van der Waals surface area contributed by atoms with E-state index in [1.54, 1.807) is 17.3 Å². The third kappa shape index (κ3) is 7.42. The Balaban J connectivity index is 1.23. The summed E-state index contributed by atoms with van der Waals surface area (Å²) >= 11 is 0. The highest BCUT2D eigenvalue weighted by Gasteiger charge is 2.40. The van der Waals surface area contributed by atoms with Gasteiger partial charge in [0.05, 0.1) is 29.2 Å². The zero-order chi connectivity index (χ0) is 36.2. The number of carbonyl (C=O) groups is 2. The van der Waals surface area contributed by atoms with Gasteiger partial charge in [0.15, 0.2) is 0 Å². The largest absolute Gasteiger partial charge is 0.444 e.